The summed E-state index contributed by atoms with van der Waals surface area (Å²) in [6.07, 6.45) is 1.28. The SMILES string of the molecule is O=c1cc(-c2ccc(F)cc2Cl)nc[nH]1. The number of halogens is 2. The second-order valence-corrected chi connectivity index (χ2v) is 3.33. The van der Waals surface area contributed by atoms with Crippen LogP contribution in [0.5, 0.6) is 0 Å². The van der Waals surface area contributed by atoms with Gasteiger partial charge in [0.2, 0.25) is 0 Å². The van der Waals surface area contributed by atoms with Crippen molar-refractivity contribution in [3.63, 3.8) is 0 Å². The second kappa shape index (κ2) is 3.82. The summed E-state index contributed by atoms with van der Waals surface area (Å²) in [7, 11) is 0. The molecule has 0 spiro atoms. The highest BCUT2D eigenvalue weighted by molar-refractivity contribution is 6.33. The molecule has 0 aliphatic carbocycles. The molecule has 5 heteroatoms. The van der Waals surface area contributed by atoms with Crippen LogP contribution < -0.4 is 5.56 Å². The van der Waals surface area contributed by atoms with Crippen LogP contribution in [0.2, 0.25) is 5.02 Å². The summed E-state index contributed by atoms with van der Waals surface area (Å²) in [5.41, 5.74) is 0.674. The van der Waals surface area contributed by atoms with E-state index in [1.807, 2.05) is 0 Å². The number of hydrogen-bond donors (Lipinski definition) is 1. The largest absolute Gasteiger partial charge is 0.313 e. The Bertz CT molecular complexity index is 553. The Morgan fingerprint density at radius 1 is 1.33 bits per heavy atom. The maximum Gasteiger partial charge on any atom is 0.251 e. The number of hydrogen-bond acceptors (Lipinski definition) is 2. The van der Waals surface area contributed by atoms with Crippen LogP contribution in [0.15, 0.2) is 35.4 Å². The molecule has 15 heavy (non-hydrogen) atoms. The van der Waals surface area contributed by atoms with Crippen LogP contribution >= 0.6 is 11.6 Å². The van der Waals surface area contributed by atoms with Gasteiger partial charge in [-0.25, -0.2) is 9.37 Å². The summed E-state index contributed by atoms with van der Waals surface area (Å²) in [5, 5.41) is 0.230. The average Bonchev–Trinajstić information content (AvgIpc) is 2.17. The van der Waals surface area contributed by atoms with Crippen LogP contribution in [-0.2, 0) is 0 Å². The molecule has 3 nitrogen and oxygen atoms in total. The van der Waals surface area contributed by atoms with Gasteiger partial charge in [0.1, 0.15) is 5.82 Å². The third-order valence-corrected chi connectivity index (χ3v) is 2.20. The van der Waals surface area contributed by atoms with E-state index < -0.39 is 5.82 Å². The van der Waals surface area contributed by atoms with E-state index in [4.69, 9.17) is 11.6 Å². The maximum atomic E-state index is 12.8. The molecular weight excluding hydrogens is 219 g/mol. The highest BCUT2D eigenvalue weighted by atomic mass is 35.5. The first-order valence-corrected chi connectivity index (χ1v) is 4.55. The van der Waals surface area contributed by atoms with Gasteiger partial charge < -0.3 is 4.98 Å². The van der Waals surface area contributed by atoms with Gasteiger partial charge in [-0.1, -0.05) is 11.6 Å². The molecule has 0 unspecified atom stereocenters. The fourth-order valence-electron chi connectivity index (χ4n) is 1.21. The normalized spacial score (nSPS) is 10.3. The van der Waals surface area contributed by atoms with Crippen LogP contribution in [0, 0.1) is 5.82 Å². The first kappa shape index (κ1) is 9.86. The van der Waals surface area contributed by atoms with Crippen LogP contribution in [-0.4, -0.2) is 9.97 Å². The van der Waals surface area contributed by atoms with Gasteiger partial charge in [-0.05, 0) is 18.2 Å². The Morgan fingerprint density at radius 2 is 2.13 bits per heavy atom. The third kappa shape index (κ3) is 2.05. The van der Waals surface area contributed by atoms with Gasteiger partial charge in [0.15, 0.2) is 0 Å². The summed E-state index contributed by atoms with van der Waals surface area (Å²) < 4.78 is 12.8. The summed E-state index contributed by atoms with van der Waals surface area (Å²) in [5.74, 6) is -0.423. The minimum Gasteiger partial charge on any atom is -0.313 e. The molecule has 1 heterocycles. The van der Waals surface area contributed by atoms with Crippen molar-refractivity contribution in [2.24, 2.45) is 0 Å². The van der Waals surface area contributed by atoms with Crippen molar-refractivity contribution < 1.29 is 4.39 Å². The molecule has 1 aromatic carbocycles. The van der Waals surface area contributed by atoms with Gasteiger partial charge in [-0.3, -0.25) is 4.79 Å². The number of aromatic amines is 1. The van der Waals surface area contributed by atoms with Crippen LogP contribution in [0.25, 0.3) is 11.3 Å². The predicted octanol–water partition coefficient (Wildman–Crippen LogP) is 2.23. The van der Waals surface area contributed by atoms with Gasteiger partial charge in [0.05, 0.1) is 17.0 Å². The molecule has 0 radical (unpaired) electrons. The second-order valence-electron chi connectivity index (χ2n) is 2.92. The Kier molecular flexibility index (Phi) is 2.51. The van der Waals surface area contributed by atoms with Crippen LogP contribution in [0.3, 0.4) is 0 Å². The highest BCUT2D eigenvalue weighted by Crippen LogP contribution is 2.25. The van der Waals surface area contributed by atoms with Crippen molar-refractivity contribution in [3.8, 4) is 11.3 Å². The zero-order chi connectivity index (χ0) is 10.8. The molecule has 0 saturated carbocycles. The number of H-pyrrole nitrogens is 1. The quantitative estimate of drug-likeness (QED) is 0.808. The summed E-state index contributed by atoms with van der Waals surface area (Å²) >= 11 is 5.82. The van der Waals surface area contributed by atoms with Gasteiger partial charge in [0, 0.05) is 11.6 Å². The van der Waals surface area contributed by atoms with E-state index in [-0.39, 0.29) is 10.6 Å². The Morgan fingerprint density at radius 3 is 2.80 bits per heavy atom. The van der Waals surface area contributed by atoms with E-state index in [1.54, 1.807) is 0 Å². The molecule has 0 fully saturated rings. The van der Waals surface area contributed by atoms with Gasteiger partial charge in [-0.15, -0.1) is 0 Å². The number of nitrogens with one attached hydrogen (secondary N) is 1. The Labute approximate surface area is 89.6 Å². The zero-order valence-electron chi connectivity index (χ0n) is 7.50. The predicted molar refractivity (Wildman–Crippen MR) is 55.3 cm³/mol. The first-order chi connectivity index (χ1) is 7.16. The Hall–Kier alpha value is -1.68. The molecule has 1 N–H and O–H groups in total. The fraction of sp³-hybridized carbons (Fsp3) is 0. The summed E-state index contributed by atoms with van der Waals surface area (Å²) in [6.45, 7) is 0. The third-order valence-electron chi connectivity index (χ3n) is 1.89. The molecule has 0 bridgehead atoms. The van der Waals surface area contributed by atoms with Gasteiger partial charge in [-0.2, -0.15) is 0 Å². The number of nitrogens with zero attached hydrogens (tertiary/aromatic N) is 1. The standard InChI is InChI=1S/C10H6ClFN2O/c11-8-3-6(12)1-2-7(8)9-4-10(15)14-5-13-9/h1-5H,(H,13,14,15). The lowest BCUT2D eigenvalue weighted by atomic mass is 10.1. The monoisotopic (exact) mass is 224 g/mol. The average molecular weight is 225 g/mol. The number of benzene rings is 1. The summed E-state index contributed by atoms with van der Waals surface area (Å²) in [6, 6.07) is 5.24. The minimum absolute atomic E-state index is 0.230. The smallest absolute Gasteiger partial charge is 0.251 e. The van der Waals surface area contributed by atoms with Gasteiger partial charge in [0.25, 0.3) is 5.56 Å². The fourth-order valence-corrected chi connectivity index (χ4v) is 1.48. The topological polar surface area (TPSA) is 45.8 Å². The van der Waals surface area contributed by atoms with E-state index >= 15 is 0 Å². The summed E-state index contributed by atoms with van der Waals surface area (Å²) in [4.78, 5) is 17.4. The molecule has 0 amide bonds. The van der Waals surface area contributed by atoms with Crippen molar-refractivity contribution in [2.75, 3.05) is 0 Å². The minimum atomic E-state index is -0.423. The molecular formula is C10H6ClFN2O. The van der Waals surface area contributed by atoms with Crippen LogP contribution in [0.4, 0.5) is 4.39 Å². The molecule has 2 aromatic rings. The van der Waals surface area contributed by atoms with Crippen molar-refractivity contribution in [2.45, 2.75) is 0 Å². The van der Waals surface area contributed by atoms with E-state index in [0.717, 1.165) is 0 Å². The van der Waals surface area contributed by atoms with E-state index in [0.29, 0.717) is 11.3 Å². The first-order valence-electron chi connectivity index (χ1n) is 4.17. The van der Waals surface area contributed by atoms with Crippen molar-refractivity contribution in [3.05, 3.63) is 51.8 Å². The van der Waals surface area contributed by atoms with Gasteiger partial charge >= 0.3 is 0 Å². The van der Waals surface area contributed by atoms with E-state index in [1.165, 1.54) is 30.6 Å². The van der Waals surface area contributed by atoms with E-state index in [2.05, 4.69) is 9.97 Å². The van der Waals surface area contributed by atoms with Crippen molar-refractivity contribution in [1.29, 1.82) is 0 Å². The van der Waals surface area contributed by atoms with Crippen LogP contribution in [0.1, 0.15) is 0 Å². The molecule has 0 saturated heterocycles. The van der Waals surface area contributed by atoms with E-state index in [9.17, 15) is 9.18 Å². The lowest BCUT2D eigenvalue weighted by Crippen LogP contribution is -2.04. The lowest BCUT2D eigenvalue weighted by molar-refractivity contribution is 0.628. The van der Waals surface area contributed by atoms with Crippen molar-refractivity contribution >= 4 is 11.6 Å². The molecule has 0 atom stereocenters. The molecule has 1 aromatic heterocycles. The number of rotatable bonds is 1. The molecule has 0 aliphatic rings. The maximum absolute atomic E-state index is 12.8. The molecule has 76 valence electrons. The number of aromatic nitrogens is 2. The van der Waals surface area contributed by atoms with Crippen molar-refractivity contribution in [1.82, 2.24) is 9.97 Å². The zero-order valence-corrected chi connectivity index (χ0v) is 8.25. The molecule has 0 aliphatic heterocycles. The lowest BCUT2D eigenvalue weighted by Gasteiger charge is -2.02. The Balaban J connectivity index is 2.59. The molecule has 2 rings (SSSR count). The highest BCUT2D eigenvalue weighted by Gasteiger charge is 2.06.